The predicted molar refractivity (Wildman–Crippen MR) is 134 cm³/mol. The maximum Gasteiger partial charge on any atom is 0.271 e. The van der Waals surface area contributed by atoms with Crippen LogP contribution in [0.15, 0.2) is 90.3 Å². The zero-order valence-corrected chi connectivity index (χ0v) is 19.9. The fraction of sp³-hybridized carbons (Fsp3) is 0.111. The van der Waals surface area contributed by atoms with Crippen molar-refractivity contribution in [3.63, 3.8) is 0 Å². The monoisotopic (exact) mass is 491 g/mol. The minimum absolute atomic E-state index is 0.0481. The number of carbonyl (C=O) groups is 1. The second-order valence-corrected chi connectivity index (χ2v) is 8.04. The number of aromatic nitrogens is 1. The van der Waals surface area contributed by atoms with E-state index in [2.05, 4.69) is 10.5 Å². The van der Waals surface area contributed by atoms with E-state index >= 15 is 0 Å². The smallest absolute Gasteiger partial charge is 0.271 e. The summed E-state index contributed by atoms with van der Waals surface area (Å²) in [5.41, 5.74) is 5.59. The molecule has 0 radical (unpaired) electrons. The highest BCUT2D eigenvalue weighted by molar-refractivity contribution is 6.31. The fourth-order valence-electron chi connectivity index (χ4n) is 3.39. The molecule has 1 heterocycles. The number of methoxy groups -OCH3 is 1. The Kier molecular flexibility index (Phi) is 7.48. The molecule has 0 bridgehead atoms. The standard InChI is InChI=1S/C27H23ClFN3O3/c1-18(30-31-27(33)19-8-11-21(12-9-19)32-14-3-4-15-32)20-10-13-25(26(16-20)34-2)35-17-22-23(28)6-5-7-24(22)29/h3-16H,17H2,1-2H3,(H,31,33)/b30-18+. The quantitative estimate of drug-likeness (QED) is 0.242. The molecule has 0 saturated heterocycles. The Labute approximate surface area is 207 Å². The summed E-state index contributed by atoms with van der Waals surface area (Å²) in [5.74, 6) is 0.106. The highest BCUT2D eigenvalue weighted by Gasteiger charge is 2.12. The van der Waals surface area contributed by atoms with Gasteiger partial charge in [-0.3, -0.25) is 4.79 Å². The summed E-state index contributed by atoms with van der Waals surface area (Å²) in [6.07, 6.45) is 3.87. The van der Waals surface area contributed by atoms with Gasteiger partial charge in [-0.05, 0) is 73.7 Å². The molecule has 1 amide bonds. The first-order valence-electron chi connectivity index (χ1n) is 10.8. The minimum atomic E-state index is -0.439. The van der Waals surface area contributed by atoms with Crippen molar-refractivity contribution in [3.05, 3.63) is 113 Å². The van der Waals surface area contributed by atoms with E-state index in [-0.39, 0.29) is 18.1 Å². The van der Waals surface area contributed by atoms with Crippen molar-refractivity contribution < 1.29 is 18.7 Å². The van der Waals surface area contributed by atoms with Crippen molar-refractivity contribution in [2.75, 3.05) is 7.11 Å². The number of hydrazone groups is 1. The number of amides is 1. The number of rotatable bonds is 8. The lowest BCUT2D eigenvalue weighted by Crippen LogP contribution is -2.19. The molecule has 35 heavy (non-hydrogen) atoms. The van der Waals surface area contributed by atoms with Crippen LogP contribution in [0.4, 0.5) is 4.39 Å². The molecule has 4 aromatic rings. The summed E-state index contributed by atoms with van der Waals surface area (Å²) in [7, 11) is 1.51. The van der Waals surface area contributed by atoms with E-state index in [1.165, 1.54) is 19.2 Å². The van der Waals surface area contributed by atoms with Crippen LogP contribution in [0.2, 0.25) is 5.02 Å². The van der Waals surface area contributed by atoms with Gasteiger partial charge in [-0.25, -0.2) is 9.82 Å². The van der Waals surface area contributed by atoms with E-state index in [1.807, 2.05) is 41.2 Å². The summed E-state index contributed by atoms with van der Waals surface area (Å²) < 4.78 is 27.1. The molecule has 3 aromatic carbocycles. The molecule has 0 aliphatic heterocycles. The van der Waals surface area contributed by atoms with Crippen LogP contribution in [-0.4, -0.2) is 23.3 Å². The predicted octanol–water partition coefficient (Wildman–Crippen LogP) is 6.01. The second-order valence-electron chi connectivity index (χ2n) is 7.63. The topological polar surface area (TPSA) is 64.8 Å². The number of nitrogens with one attached hydrogen (secondary N) is 1. The Balaban J connectivity index is 1.42. The van der Waals surface area contributed by atoms with Crippen LogP contribution in [0.5, 0.6) is 11.5 Å². The van der Waals surface area contributed by atoms with Gasteiger partial charge in [0.25, 0.3) is 5.91 Å². The first-order valence-corrected chi connectivity index (χ1v) is 11.2. The molecule has 0 aliphatic rings. The Bertz CT molecular complexity index is 1330. The van der Waals surface area contributed by atoms with Gasteiger partial charge in [-0.15, -0.1) is 0 Å². The number of benzene rings is 3. The first-order chi connectivity index (χ1) is 17.0. The molecule has 6 nitrogen and oxygen atoms in total. The Morgan fingerprint density at radius 3 is 2.40 bits per heavy atom. The summed E-state index contributed by atoms with van der Waals surface area (Å²) in [6.45, 7) is 1.72. The van der Waals surface area contributed by atoms with Gasteiger partial charge in [0.15, 0.2) is 11.5 Å². The summed E-state index contributed by atoms with van der Waals surface area (Å²) in [5, 5.41) is 4.50. The lowest BCUT2D eigenvalue weighted by atomic mass is 10.1. The number of nitrogens with zero attached hydrogens (tertiary/aromatic N) is 2. The number of carbonyl (C=O) groups excluding carboxylic acids is 1. The summed E-state index contributed by atoms with van der Waals surface area (Å²) >= 11 is 6.07. The first kappa shape index (κ1) is 24.0. The normalized spacial score (nSPS) is 11.3. The van der Waals surface area contributed by atoms with Gasteiger partial charge in [-0.2, -0.15) is 5.10 Å². The van der Waals surface area contributed by atoms with Crippen LogP contribution in [0, 0.1) is 5.82 Å². The van der Waals surface area contributed by atoms with Gasteiger partial charge in [0.1, 0.15) is 12.4 Å². The van der Waals surface area contributed by atoms with Crippen molar-refractivity contribution >= 4 is 23.2 Å². The van der Waals surface area contributed by atoms with Crippen LogP contribution in [0.25, 0.3) is 5.69 Å². The average molecular weight is 492 g/mol. The molecule has 0 fully saturated rings. The molecule has 4 rings (SSSR count). The maximum absolute atomic E-state index is 14.0. The van der Waals surface area contributed by atoms with Crippen LogP contribution in [-0.2, 0) is 6.61 Å². The van der Waals surface area contributed by atoms with Crippen molar-refractivity contribution in [2.24, 2.45) is 5.10 Å². The molecular formula is C27H23ClFN3O3. The molecule has 0 unspecified atom stereocenters. The molecule has 1 aromatic heterocycles. The Morgan fingerprint density at radius 1 is 1.00 bits per heavy atom. The van der Waals surface area contributed by atoms with Gasteiger partial charge in [0.2, 0.25) is 0 Å². The number of halogens is 2. The van der Waals surface area contributed by atoms with E-state index in [0.717, 1.165) is 11.3 Å². The molecule has 178 valence electrons. The van der Waals surface area contributed by atoms with Crippen LogP contribution < -0.4 is 14.9 Å². The summed E-state index contributed by atoms with van der Waals surface area (Å²) in [4.78, 5) is 12.5. The van der Waals surface area contributed by atoms with E-state index < -0.39 is 5.82 Å². The van der Waals surface area contributed by atoms with Gasteiger partial charge < -0.3 is 14.0 Å². The highest BCUT2D eigenvalue weighted by Crippen LogP contribution is 2.30. The van der Waals surface area contributed by atoms with Gasteiger partial charge in [-0.1, -0.05) is 17.7 Å². The van der Waals surface area contributed by atoms with Crippen LogP contribution in [0.1, 0.15) is 28.4 Å². The van der Waals surface area contributed by atoms with E-state index in [1.54, 1.807) is 43.3 Å². The van der Waals surface area contributed by atoms with E-state index in [9.17, 15) is 9.18 Å². The second kappa shape index (κ2) is 10.9. The highest BCUT2D eigenvalue weighted by atomic mass is 35.5. The zero-order chi connectivity index (χ0) is 24.8. The van der Waals surface area contributed by atoms with Gasteiger partial charge in [0, 0.05) is 34.8 Å². The minimum Gasteiger partial charge on any atom is -0.493 e. The Morgan fingerprint density at radius 2 is 1.71 bits per heavy atom. The molecule has 1 N–H and O–H groups in total. The number of ether oxygens (including phenoxy) is 2. The third-order valence-corrected chi connectivity index (χ3v) is 5.73. The molecular weight excluding hydrogens is 469 g/mol. The van der Waals surface area contributed by atoms with Crippen molar-refractivity contribution in [1.29, 1.82) is 0 Å². The largest absolute Gasteiger partial charge is 0.493 e. The van der Waals surface area contributed by atoms with Gasteiger partial charge in [0.05, 0.1) is 17.8 Å². The van der Waals surface area contributed by atoms with E-state index in [4.69, 9.17) is 21.1 Å². The third-order valence-electron chi connectivity index (χ3n) is 5.37. The fourth-order valence-corrected chi connectivity index (χ4v) is 3.60. The third kappa shape index (κ3) is 5.70. The van der Waals surface area contributed by atoms with Crippen molar-refractivity contribution in [3.8, 4) is 17.2 Å². The molecule has 8 heteroatoms. The van der Waals surface area contributed by atoms with Crippen LogP contribution >= 0.6 is 11.6 Å². The van der Waals surface area contributed by atoms with Gasteiger partial charge >= 0.3 is 0 Å². The average Bonchev–Trinajstić information content (AvgIpc) is 3.42. The Hall–Kier alpha value is -4.10. The number of hydrogen-bond acceptors (Lipinski definition) is 4. The van der Waals surface area contributed by atoms with Crippen molar-refractivity contribution in [2.45, 2.75) is 13.5 Å². The molecule has 0 atom stereocenters. The van der Waals surface area contributed by atoms with E-state index in [0.29, 0.717) is 27.8 Å². The molecule has 0 aliphatic carbocycles. The van der Waals surface area contributed by atoms with Crippen LogP contribution in [0.3, 0.4) is 0 Å². The SMILES string of the molecule is COc1cc(/C(C)=N/NC(=O)c2ccc(-n3cccc3)cc2)ccc1OCc1c(F)cccc1Cl. The lowest BCUT2D eigenvalue weighted by molar-refractivity contribution is 0.0955. The van der Waals surface area contributed by atoms with Crippen molar-refractivity contribution in [1.82, 2.24) is 9.99 Å². The molecule has 0 spiro atoms. The molecule has 0 saturated carbocycles. The summed E-state index contributed by atoms with van der Waals surface area (Å²) in [6, 6.07) is 20.8. The maximum atomic E-state index is 14.0. The number of hydrogen-bond donors (Lipinski definition) is 1. The zero-order valence-electron chi connectivity index (χ0n) is 19.2. The lowest BCUT2D eigenvalue weighted by Gasteiger charge is -2.13.